The van der Waals surface area contributed by atoms with E-state index in [2.05, 4.69) is 5.32 Å². The zero-order valence-corrected chi connectivity index (χ0v) is 12.0. The number of phenolic OH excluding ortho intramolecular Hbond substituents is 1. The lowest BCUT2D eigenvalue weighted by molar-refractivity contribution is 0.0138. The molecule has 0 saturated carbocycles. The molecule has 0 aromatic heterocycles. The van der Waals surface area contributed by atoms with E-state index in [0.717, 1.165) is 0 Å². The quantitative estimate of drug-likeness (QED) is 0.764. The molecule has 4 heteroatoms. The summed E-state index contributed by atoms with van der Waals surface area (Å²) >= 11 is 0. The number of benzene rings is 1. The van der Waals surface area contributed by atoms with Gasteiger partial charge in [-0.1, -0.05) is 33.8 Å². The standard InChI is InChI=1S/C15H23NO3/c1-10(2)13(18)15(3,4)9-16-14(19)11-6-5-7-12(17)8-11/h5-8,10,13,17-18H,9H2,1-4H3,(H,16,19). The van der Waals surface area contributed by atoms with Gasteiger partial charge in [-0.25, -0.2) is 0 Å². The molecule has 0 aliphatic heterocycles. The molecule has 0 spiro atoms. The number of hydrogen-bond donors (Lipinski definition) is 3. The third kappa shape index (κ3) is 4.24. The van der Waals surface area contributed by atoms with Gasteiger partial charge in [-0.3, -0.25) is 4.79 Å². The first-order valence-electron chi connectivity index (χ1n) is 6.49. The summed E-state index contributed by atoms with van der Waals surface area (Å²) in [4.78, 5) is 11.9. The third-order valence-electron chi connectivity index (χ3n) is 3.25. The Hall–Kier alpha value is -1.55. The van der Waals surface area contributed by atoms with Gasteiger partial charge in [-0.2, -0.15) is 0 Å². The number of amides is 1. The fourth-order valence-electron chi connectivity index (χ4n) is 2.06. The van der Waals surface area contributed by atoms with E-state index in [1.54, 1.807) is 12.1 Å². The first kappa shape index (κ1) is 15.5. The van der Waals surface area contributed by atoms with Crippen LogP contribution in [0.2, 0.25) is 0 Å². The molecule has 3 N–H and O–H groups in total. The minimum atomic E-state index is -0.489. The van der Waals surface area contributed by atoms with Crippen molar-refractivity contribution < 1.29 is 15.0 Å². The fraction of sp³-hybridized carbons (Fsp3) is 0.533. The van der Waals surface area contributed by atoms with Crippen LogP contribution >= 0.6 is 0 Å². The van der Waals surface area contributed by atoms with E-state index in [1.165, 1.54) is 12.1 Å². The minimum absolute atomic E-state index is 0.0640. The molecule has 1 amide bonds. The van der Waals surface area contributed by atoms with Crippen LogP contribution in [0.25, 0.3) is 0 Å². The molecule has 0 saturated heterocycles. The lowest BCUT2D eigenvalue weighted by Crippen LogP contribution is -2.43. The summed E-state index contributed by atoms with van der Waals surface area (Å²) in [5.41, 5.74) is 0.00975. The summed E-state index contributed by atoms with van der Waals surface area (Å²) in [6.07, 6.45) is -0.489. The molecule has 0 radical (unpaired) electrons. The number of nitrogens with one attached hydrogen (secondary N) is 1. The molecular formula is C15H23NO3. The van der Waals surface area contributed by atoms with Crippen LogP contribution in [0.5, 0.6) is 5.75 Å². The molecule has 1 unspecified atom stereocenters. The van der Waals surface area contributed by atoms with E-state index in [9.17, 15) is 15.0 Å². The maximum atomic E-state index is 11.9. The SMILES string of the molecule is CC(C)C(O)C(C)(C)CNC(=O)c1cccc(O)c1. The van der Waals surface area contributed by atoms with Gasteiger partial charge in [0.2, 0.25) is 0 Å². The number of rotatable bonds is 5. The van der Waals surface area contributed by atoms with Crippen molar-refractivity contribution >= 4 is 5.91 Å². The van der Waals surface area contributed by atoms with E-state index in [0.29, 0.717) is 12.1 Å². The first-order chi connectivity index (χ1) is 8.74. The molecule has 19 heavy (non-hydrogen) atoms. The first-order valence-corrected chi connectivity index (χ1v) is 6.49. The molecule has 106 valence electrons. The summed E-state index contributed by atoms with van der Waals surface area (Å²) in [6.45, 7) is 8.11. The maximum Gasteiger partial charge on any atom is 0.251 e. The van der Waals surface area contributed by atoms with Crippen molar-refractivity contribution in [1.82, 2.24) is 5.32 Å². The van der Waals surface area contributed by atoms with E-state index in [1.807, 2.05) is 27.7 Å². The lowest BCUT2D eigenvalue weighted by atomic mass is 9.80. The number of phenols is 1. The van der Waals surface area contributed by atoms with Crippen LogP contribution in [0, 0.1) is 11.3 Å². The highest BCUT2D eigenvalue weighted by Gasteiger charge is 2.30. The fourth-order valence-corrected chi connectivity index (χ4v) is 2.06. The highest BCUT2D eigenvalue weighted by Crippen LogP contribution is 2.25. The molecule has 1 aromatic carbocycles. The van der Waals surface area contributed by atoms with Crippen molar-refractivity contribution in [2.45, 2.75) is 33.8 Å². The second kappa shape index (κ2) is 6.06. The van der Waals surface area contributed by atoms with E-state index >= 15 is 0 Å². The number of carbonyl (C=O) groups is 1. The smallest absolute Gasteiger partial charge is 0.251 e. The number of aromatic hydroxyl groups is 1. The summed E-state index contributed by atoms with van der Waals surface area (Å²) in [5.74, 6) is -0.0540. The predicted molar refractivity (Wildman–Crippen MR) is 75.1 cm³/mol. The molecule has 1 atom stereocenters. The second-order valence-electron chi connectivity index (χ2n) is 5.91. The Morgan fingerprint density at radius 3 is 2.53 bits per heavy atom. The predicted octanol–water partition coefficient (Wildman–Crippen LogP) is 2.17. The van der Waals surface area contributed by atoms with Crippen LogP contribution < -0.4 is 5.32 Å². The van der Waals surface area contributed by atoms with Gasteiger partial charge >= 0.3 is 0 Å². The summed E-state index contributed by atoms with van der Waals surface area (Å²) < 4.78 is 0. The van der Waals surface area contributed by atoms with Crippen LogP contribution in [0.15, 0.2) is 24.3 Å². The Bertz CT molecular complexity index is 441. The van der Waals surface area contributed by atoms with Crippen LogP contribution in [0.1, 0.15) is 38.1 Å². The molecule has 4 nitrogen and oxygen atoms in total. The Morgan fingerprint density at radius 1 is 1.37 bits per heavy atom. The Balaban J connectivity index is 2.64. The van der Waals surface area contributed by atoms with Crippen molar-refractivity contribution in [3.05, 3.63) is 29.8 Å². The van der Waals surface area contributed by atoms with Crippen molar-refractivity contribution in [3.8, 4) is 5.75 Å². The van der Waals surface area contributed by atoms with Gasteiger partial charge in [0.05, 0.1) is 6.10 Å². The van der Waals surface area contributed by atoms with Crippen LogP contribution in [-0.4, -0.2) is 28.8 Å². The molecule has 0 heterocycles. The van der Waals surface area contributed by atoms with Gasteiger partial charge in [0, 0.05) is 17.5 Å². The summed E-state index contributed by atoms with van der Waals surface area (Å²) in [7, 11) is 0. The normalized spacial score (nSPS) is 13.4. The zero-order valence-electron chi connectivity index (χ0n) is 12.0. The molecule has 1 aromatic rings. The number of carbonyl (C=O) groups excluding carboxylic acids is 1. The highest BCUT2D eigenvalue weighted by atomic mass is 16.3. The molecule has 0 fully saturated rings. The van der Waals surface area contributed by atoms with E-state index in [-0.39, 0.29) is 17.6 Å². The van der Waals surface area contributed by atoms with Crippen molar-refractivity contribution in [2.75, 3.05) is 6.54 Å². The second-order valence-corrected chi connectivity index (χ2v) is 5.91. The minimum Gasteiger partial charge on any atom is -0.508 e. The summed E-state index contributed by atoms with van der Waals surface area (Å²) in [5, 5.41) is 22.2. The Morgan fingerprint density at radius 2 is 2.00 bits per heavy atom. The van der Waals surface area contributed by atoms with Crippen LogP contribution in [0.4, 0.5) is 0 Å². The van der Waals surface area contributed by atoms with Crippen LogP contribution in [-0.2, 0) is 0 Å². The lowest BCUT2D eigenvalue weighted by Gasteiger charge is -2.33. The average Bonchev–Trinajstić information content (AvgIpc) is 2.35. The number of hydrogen-bond acceptors (Lipinski definition) is 3. The maximum absolute atomic E-state index is 11.9. The van der Waals surface area contributed by atoms with Gasteiger partial charge in [0.15, 0.2) is 0 Å². The number of aliphatic hydroxyl groups excluding tert-OH is 1. The van der Waals surface area contributed by atoms with Crippen molar-refractivity contribution in [2.24, 2.45) is 11.3 Å². The third-order valence-corrected chi connectivity index (χ3v) is 3.25. The van der Waals surface area contributed by atoms with E-state index in [4.69, 9.17) is 0 Å². The van der Waals surface area contributed by atoms with Gasteiger partial charge in [-0.05, 0) is 24.1 Å². The monoisotopic (exact) mass is 265 g/mol. The molecule has 0 bridgehead atoms. The average molecular weight is 265 g/mol. The zero-order chi connectivity index (χ0) is 14.6. The molecule has 0 aliphatic carbocycles. The van der Waals surface area contributed by atoms with Gasteiger partial charge in [0.25, 0.3) is 5.91 Å². The molecular weight excluding hydrogens is 242 g/mol. The van der Waals surface area contributed by atoms with Crippen molar-refractivity contribution in [3.63, 3.8) is 0 Å². The number of aliphatic hydroxyl groups is 1. The van der Waals surface area contributed by atoms with E-state index < -0.39 is 11.5 Å². The Kier molecular flexibility index (Phi) is 4.95. The Labute approximate surface area is 114 Å². The van der Waals surface area contributed by atoms with Gasteiger partial charge in [-0.15, -0.1) is 0 Å². The van der Waals surface area contributed by atoms with Crippen LogP contribution in [0.3, 0.4) is 0 Å². The van der Waals surface area contributed by atoms with Crippen molar-refractivity contribution in [1.29, 1.82) is 0 Å². The topological polar surface area (TPSA) is 69.6 Å². The highest BCUT2D eigenvalue weighted by molar-refractivity contribution is 5.94. The molecule has 1 rings (SSSR count). The molecule has 0 aliphatic rings. The van der Waals surface area contributed by atoms with Gasteiger partial charge in [0.1, 0.15) is 5.75 Å². The largest absolute Gasteiger partial charge is 0.508 e. The van der Waals surface area contributed by atoms with Gasteiger partial charge < -0.3 is 15.5 Å². The summed E-state index contributed by atoms with van der Waals surface area (Å²) in [6, 6.07) is 6.20.